The molecule has 3 atom stereocenters. The highest BCUT2D eigenvalue weighted by atomic mass is 79.9. The van der Waals surface area contributed by atoms with Crippen LogP contribution in [0, 0.1) is 6.92 Å². The second-order valence-corrected chi connectivity index (χ2v) is 9.61. The molecule has 0 spiro atoms. The number of hydrogen-bond donors (Lipinski definition) is 3. The van der Waals surface area contributed by atoms with Crippen molar-refractivity contribution >= 4 is 44.2 Å². The maximum Gasteiger partial charge on any atom is 0.253 e. The molecule has 184 valence electrons. The van der Waals surface area contributed by atoms with Crippen molar-refractivity contribution in [1.29, 1.82) is 0 Å². The van der Waals surface area contributed by atoms with Gasteiger partial charge in [0.1, 0.15) is 30.2 Å². The van der Waals surface area contributed by atoms with Crippen molar-refractivity contribution in [3.63, 3.8) is 0 Å². The number of aliphatic hydroxyl groups is 1. The maximum atomic E-state index is 13.7. The van der Waals surface area contributed by atoms with E-state index in [2.05, 4.69) is 21.2 Å². The first kappa shape index (κ1) is 25.0. The lowest BCUT2D eigenvalue weighted by molar-refractivity contribution is -0.130. The third kappa shape index (κ3) is 5.27. The van der Waals surface area contributed by atoms with Gasteiger partial charge in [-0.05, 0) is 66.6 Å². The summed E-state index contributed by atoms with van der Waals surface area (Å²) in [6.07, 6.45) is -1.06. The number of ether oxygens (including phenoxy) is 2. The van der Waals surface area contributed by atoms with Crippen LogP contribution in [0.1, 0.15) is 18.1 Å². The molecule has 0 radical (unpaired) electrons. The Labute approximate surface area is 212 Å². The number of nitrogens with two attached hydrogens (primary N) is 1. The fourth-order valence-electron chi connectivity index (χ4n) is 4.04. The molecular formula is C26H28BrN3O5. The van der Waals surface area contributed by atoms with E-state index in [4.69, 9.17) is 15.2 Å². The van der Waals surface area contributed by atoms with Crippen molar-refractivity contribution in [2.24, 2.45) is 5.73 Å². The molecule has 1 aliphatic heterocycles. The monoisotopic (exact) mass is 541 g/mol. The van der Waals surface area contributed by atoms with Gasteiger partial charge in [0, 0.05) is 10.0 Å². The van der Waals surface area contributed by atoms with Gasteiger partial charge in [0.05, 0.1) is 25.4 Å². The van der Waals surface area contributed by atoms with Crippen LogP contribution in [0.5, 0.6) is 11.5 Å². The Morgan fingerprint density at radius 1 is 1.26 bits per heavy atom. The highest BCUT2D eigenvalue weighted by Gasteiger charge is 2.34. The molecule has 4 N–H and O–H groups in total. The smallest absolute Gasteiger partial charge is 0.253 e. The van der Waals surface area contributed by atoms with Crippen LogP contribution < -0.4 is 25.4 Å². The first-order valence-electron chi connectivity index (χ1n) is 11.2. The number of carbonyl (C=O) groups is 2. The summed E-state index contributed by atoms with van der Waals surface area (Å²) in [5.74, 6) is 0.202. The Kier molecular flexibility index (Phi) is 7.30. The third-order valence-corrected chi connectivity index (χ3v) is 6.54. The molecule has 0 saturated carbocycles. The number of aryl methyl sites for hydroxylation is 1. The minimum Gasteiger partial charge on any atom is -0.496 e. The van der Waals surface area contributed by atoms with Crippen LogP contribution in [0.15, 0.2) is 53.0 Å². The standard InChI is InChI=1S/C26H28BrN3O5/c1-14-4-7-21-23(8-14)35-13-20(29-25(32)24(28)15(2)31)26(33)30(21)12-18-9-17-10-19(27)6-5-16(17)11-22(18)34-3/h4-11,15,20,24,31H,12-13,28H2,1-3H3,(H,29,32)/t15-,20+,24+/m1/s1. The van der Waals surface area contributed by atoms with Gasteiger partial charge in [-0.25, -0.2) is 0 Å². The number of aliphatic hydroxyl groups excluding tert-OH is 1. The van der Waals surface area contributed by atoms with E-state index in [0.29, 0.717) is 17.2 Å². The summed E-state index contributed by atoms with van der Waals surface area (Å²) in [6.45, 7) is 3.49. The van der Waals surface area contributed by atoms with E-state index >= 15 is 0 Å². The summed E-state index contributed by atoms with van der Waals surface area (Å²) >= 11 is 3.51. The SMILES string of the molecule is COc1cc2ccc(Br)cc2cc1CN1C(=O)[C@@H](NC(=O)[C@@H](N)[C@@H](C)O)COc2cc(C)ccc21. The second kappa shape index (κ2) is 10.2. The summed E-state index contributed by atoms with van der Waals surface area (Å²) in [5, 5.41) is 14.3. The lowest BCUT2D eigenvalue weighted by Crippen LogP contribution is -2.56. The number of carbonyl (C=O) groups excluding carboxylic acids is 2. The number of methoxy groups -OCH3 is 1. The van der Waals surface area contributed by atoms with E-state index in [1.807, 2.05) is 55.5 Å². The lowest BCUT2D eigenvalue weighted by atomic mass is 10.0. The number of amides is 2. The number of nitrogens with one attached hydrogen (secondary N) is 1. The van der Waals surface area contributed by atoms with Gasteiger partial charge in [-0.3, -0.25) is 9.59 Å². The van der Waals surface area contributed by atoms with Crippen LogP contribution >= 0.6 is 15.9 Å². The van der Waals surface area contributed by atoms with Crippen LogP contribution in [-0.2, 0) is 16.1 Å². The van der Waals surface area contributed by atoms with Crippen molar-refractivity contribution in [2.45, 2.75) is 38.6 Å². The summed E-state index contributed by atoms with van der Waals surface area (Å²) < 4.78 is 12.5. The van der Waals surface area contributed by atoms with E-state index in [1.54, 1.807) is 12.0 Å². The average Bonchev–Trinajstić information content (AvgIpc) is 2.94. The summed E-state index contributed by atoms with van der Waals surface area (Å²) in [5.41, 5.74) is 8.14. The molecule has 0 saturated heterocycles. The Balaban J connectivity index is 1.74. The van der Waals surface area contributed by atoms with Gasteiger partial charge in [-0.2, -0.15) is 0 Å². The molecule has 1 heterocycles. The van der Waals surface area contributed by atoms with Crippen molar-refractivity contribution in [3.8, 4) is 11.5 Å². The molecule has 3 aromatic carbocycles. The zero-order valence-electron chi connectivity index (χ0n) is 19.7. The quantitative estimate of drug-likeness (QED) is 0.442. The van der Waals surface area contributed by atoms with Gasteiger partial charge in [-0.15, -0.1) is 0 Å². The van der Waals surface area contributed by atoms with Crippen molar-refractivity contribution in [2.75, 3.05) is 18.6 Å². The Bertz CT molecular complexity index is 1280. The zero-order valence-corrected chi connectivity index (χ0v) is 21.3. The van der Waals surface area contributed by atoms with Crippen LogP contribution in [0.3, 0.4) is 0 Å². The van der Waals surface area contributed by atoms with Gasteiger partial charge in [0.15, 0.2) is 0 Å². The van der Waals surface area contributed by atoms with Crippen LogP contribution in [0.25, 0.3) is 10.8 Å². The largest absolute Gasteiger partial charge is 0.496 e. The molecule has 9 heteroatoms. The highest BCUT2D eigenvalue weighted by molar-refractivity contribution is 9.10. The van der Waals surface area contributed by atoms with E-state index in [0.717, 1.165) is 26.4 Å². The number of nitrogens with zero attached hydrogens (tertiary/aromatic N) is 1. The topological polar surface area (TPSA) is 114 Å². The minimum atomic E-state index is -1.16. The normalized spacial score (nSPS) is 17.3. The molecule has 0 unspecified atom stereocenters. The van der Waals surface area contributed by atoms with E-state index in [1.165, 1.54) is 6.92 Å². The molecule has 2 amide bonds. The molecule has 0 aromatic heterocycles. The predicted molar refractivity (Wildman–Crippen MR) is 138 cm³/mol. The number of anilines is 1. The minimum absolute atomic E-state index is 0.0636. The molecule has 0 fully saturated rings. The fourth-order valence-corrected chi connectivity index (χ4v) is 4.42. The first-order valence-corrected chi connectivity index (χ1v) is 12.0. The van der Waals surface area contributed by atoms with Crippen molar-refractivity contribution < 1.29 is 24.2 Å². The summed E-state index contributed by atoms with van der Waals surface area (Å²) in [4.78, 5) is 27.8. The molecule has 35 heavy (non-hydrogen) atoms. The van der Waals surface area contributed by atoms with Crippen molar-refractivity contribution in [3.05, 3.63) is 64.1 Å². The lowest BCUT2D eigenvalue weighted by Gasteiger charge is -2.26. The fraction of sp³-hybridized carbons (Fsp3) is 0.308. The number of benzene rings is 3. The third-order valence-electron chi connectivity index (χ3n) is 6.04. The molecular weight excluding hydrogens is 514 g/mol. The Morgan fingerprint density at radius 3 is 2.74 bits per heavy atom. The summed E-state index contributed by atoms with van der Waals surface area (Å²) in [6, 6.07) is 13.3. The number of hydrogen-bond acceptors (Lipinski definition) is 6. The molecule has 3 aromatic rings. The average molecular weight is 542 g/mol. The van der Waals surface area contributed by atoms with Crippen LogP contribution in [0.4, 0.5) is 5.69 Å². The van der Waals surface area contributed by atoms with Gasteiger partial charge in [0.25, 0.3) is 5.91 Å². The Hall–Kier alpha value is -3.14. The highest BCUT2D eigenvalue weighted by Crippen LogP contribution is 2.36. The molecule has 4 rings (SSSR count). The zero-order chi connectivity index (χ0) is 25.3. The second-order valence-electron chi connectivity index (χ2n) is 8.69. The molecule has 8 nitrogen and oxygen atoms in total. The maximum absolute atomic E-state index is 13.7. The van der Waals surface area contributed by atoms with E-state index < -0.39 is 24.1 Å². The number of fused-ring (bicyclic) bond motifs is 2. The van der Waals surface area contributed by atoms with Crippen LogP contribution in [0.2, 0.25) is 0 Å². The molecule has 0 aliphatic carbocycles. The number of rotatable bonds is 6. The molecule has 1 aliphatic rings. The van der Waals surface area contributed by atoms with Crippen LogP contribution in [-0.4, -0.2) is 48.8 Å². The van der Waals surface area contributed by atoms with E-state index in [-0.39, 0.29) is 19.1 Å². The Morgan fingerprint density at radius 2 is 2.03 bits per heavy atom. The van der Waals surface area contributed by atoms with Gasteiger partial charge < -0.3 is 30.5 Å². The molecule has 0 bridgehead atoms. The van der Waals surface area contributed by atoms with Gasteiger partial charge in [0.2, 0.25) is 5.91 Å². The first-order chi connectivity index (χ1) is 16.7. The number of halogens is 1. The van der Waals surface area contributed by atoms with Crippen molar-refractivity contribution in [1.82, 2.24) is 5.32 Å². The van der Waals surface area contributed by atoms with Gasteiger partial charge in [-0.1, -0.05) is 28.1 Å². The summed E-state index contributed by atoms with van der Waals surface area (Å²) in [7, 11) is 1.59. The van der Waals surface area contributed by atoms with Gasteiger partial charge >= 0.3 is 0 Å². The predicted octanol–water partition coefficient (Wildman–Crippen LogP) is 3.04. The van der Waals surface area contributed by atoms with E-state index in [9.17, 15) is 14.7 Å².